The van der Waals surface area contributed by atoms with Gasteiger partial charge in [-0.3, -0.25) is 4.79 Å². The maximum atomic E-state index is 11.5. The second-order valence-corrected chi connectivity index (χ2v) is 6.03. The molecule has 0 bridgehead atoms. The molecule has 1 aromatic heterocycles. The SMILES string of the molecule is COCCCNC(=O)Cn1cnc(S(=O)(=O)Cl)c1. The van der Waals surface area contributed by atoms with Crippen molar-refractivity contribution in [2.75, 3.05) is 20.3 Å². The fraction of sp³-hybridized carbons (Fsp3) is 0.556. The van der Waals surface area contributed by atoms with Crippen LogP contribution in [0.25, 0.3) is 0 Å². The summed E-state index contributed by atoms with van der Waals surface area (Å²) in [7, 11) is 2.84. The summed E-state index contributed by atoms with van der Waals surface area (Å²) < 4.78 is 28.1. The topological polar surface area (TPSA) is 90.3 Å². The Morgan fingerprint density at radius 1 is 1.61 bits per heavy atom. The van der Waals surface area contributed by atoms with Gasteiger partial charge in [0.15, 0.2) is 5.03 Å². The smallest absolute Gasteiger partial charge is 0.280 e. The molecule has 102 valence electrons. The van der Waals surface area contributed by atoms with Gasteiger partial charge < -0.3 is 14.6 Å². The third-order valence-electron chi connectivity index (χ3n) is 2.03. The van der Waals surface area contributed by atoms with Gasteiger partial charge in [-0.15, -0.1) is 0 Å². The van der Waals surface area contributed by atoms with Crippen molar-refractivity contribution in [2.45, 2.75) is 18.0 Å². The van der Waals surface area contributed by atoms with Gasteiger partial charge in [-0.1, -0.05) is 0 Å². The zero-order valence-corrected chi connectivity index (χ0v) is 11.4. The largest absolute Gasteiger partial charge is 0.385 e. The maximum Gasteiger partial charge on any atom is 0.280 e. The first-order valence-electron chi connectivity index (χ1n) is 5.15. The molecule has 0 aliphatic carbocycles. The molecule has 0 radical (unpaired) electrons. The van der Waals surface area contributed by atoms with Gasteiger partial charge in [0.05, 0.1) is 6.33 Å². The quantitative estimate of drug-likeness (QED) is 0.563. The lowest BCUT2D eigenvalue weighted by molar-refractivity contribution is -0.121. The molecule has 0 saturated carbocycles. The van der Waals surface area contributed by atoms with Gasteiger partial charge in [0.25, 0.3) is 9.05 Å². The van der Waals surface area contributed by atoms with Crippen molar-refractivity contribution in [3.8, 4) is 0 Å². The summed E-state index contributed by atoms with van der Waals surface area (Å²) in [5, 5.41) is 2.40. The Bertz CT molecular complexity index is 500. The predicted molar refractivity (Wildman–Crippen MR) is 64.8 cm³/mol. The molecule has 18 heavy (non-hydrogen) atoms. The molecule has 0 atom stereocenters. The van der Waals surface area contributed by atoms with E-state index >= 15 is 0 Å². The highest BCUT2D eigenvalue weighted by Gasteiger charge is 2.14. The van der Waals surface area contributed by atoms with E-state index in [0.717, 1.165) is 0 Å². The van der Waals surface area contributed by atoms with Crippen molar-refractivity contribution in [3.05, 3.63) is 12.5 Å². The maximum absolute atomic E-state index is 11.5. The van der Waals surface area contributed by atoms with Crippen molar-refractivity contribution in [1.29, 1.82) is 0 Å². The van der Waals surface area contributed by atoms with E-state index in [9.17, 15) is 13.2 Å². The third kappa shape index (κ3) is 5.03. The first kappa shape index (κ1) is 14.9. The van der Waals surface area contributed by atoms with Crippen LogP contribution >= 0.6 is 10.7 Å². The van der Waals surface area contributed by atoms with Crippen LogP contribution < -0.4 is 5.32 Å². The zero-order chi connectivity index (χ0) is 13.6. The number of aromatic nitrogens is 2. The van der Waals surface area contributed by atoms with Gasteiger partial charge in [-0.2, -0.15) is 0 Å². The van der Waals surface area contributed by atoms with Crippen molar-refractivity contribution < 1.29 is 17.9 Å². The van der Waals surface area contributed by atoms with Crippen LogP contribution in [0.1, 0.15) is 6.42 Å². The predicted octanol–water partition coefficient (Wildman–Crippen LogP) is -0.0367. The summed E-state index contributed by atoms with van der Waals surface area (Å²) >= 11 is 0. The number of hydrogen-bond acceptors (Lipinski definition) is 5. The second-order valence-electron chi connectivity index (χ2n) is 3.52. The van der Waals surface area contributed by atoms with E-state index in [0.29, 0.717) is 19.6 Å². The Morgan fingerprint density at radius 3 is 2.89 bits per heavy atom. The standard InChI is InChI=1S/C9H14ClN3O4S/c1-17-4-2-3-11-8(14)5-13-6-9(12-7-13)18(10,15)16/h6-7H,2-5H2,1H3,(H,11,14). The lowest BCUT2D eigenvalue weighted by atomic mass is 10.4. The number of nitrogens with zero attached hydrogens (tertiary/aromatic N) is 2. The molecule has 0 spiro atoms. The van der Waals surface area contributed by atoms with Gasteiger partial charge >= 0.3 is 0 Å². The molecule has 0 saturated heterocycles. The Hall–Kier alpha value is -1.12. The van der Waals surface area contributed by atoms with E-state index in [1.807, 2.05) is 0 Å². The van der Waals surface area contributed by atoms with E-state index in [2.05, 4.69) is 10.3 Å². The molecular formula is C9H14ClN3O4S. The second kappa shape index (κ2) is 6.72. The Labute approximate surface area is 110 Å². The fourth-order valence-corrected chi connectivity index (χ4v) is 1.89. The molecule has 0 aliphatic rings. The number of amides is 1. The average Bonchev–Trinajstić information content (AvgIpc) is 2.72. The summed E-state index contributed by atoms with van der Waals surface area (Å²) in [4.78, 5) is 15.0. The van der Waals surface area contributed by atoms with Crippen LogP contribution in [0.5, 0.6) is 0 Å². The van der Waals surface area contributed by atoms with E-state index < -0.39 is 9.05 Å². The lowest BCUT2D eigenvalue weighted by Crippen LogP contribution is -2.28. The van der Waals surface area contributed by atoms with Gasteiger partial charge in [-0.05, 0) is 6.42 Å². The first-order chi connectivity index (χ1) is 8.43. The first-order valence-corrected chi connectivity index (χ1v) is 7.46. The van der Waals surface area contributed by atoms with Crippen LogP contribution in [0.4, 0.5) is 0 Å². The van der Waals surface area contributed by atoms with Crippen molar-refractivity contribution in [3.63, 3.8) is 0 Å². The lowest BCUT2D eigenvalue weighted by Gasteiger charge is -2.04. The van der Waals surface area contributed by atoms with Crippen LogP contribution in [-0.4, -0.2) is 44.1 Å². The number of hydrogen-bond donors (Lipinski definition) is 1. The highest BCUT2D eigenvalue weighted by molar-refractivity contribution is 8.13. The zero-order valence-electron chi connectivity index (χ0n) is 9.80. The number of imidazole rings is 1. The molecule has 9 heteroatoms. The summed E-state index contributed by atoms with van der Waals surface area (Å²) in [6.07, 6.45) is 3.16. The fourth-order valence-electron chi connectivity index (χ4n) is 1.22. The summed E-state index contributed by atoms with van der Waals surface area (Å²) in [6.45, 7) is 1.06. The molecule has 7 nitrogen and oxygen atoms in total. The van der Waals surface area contributed by atoms with Crippen molar-refractivity contribution in [2.24, 2.45) is 0 Å². The number of carbonyl (C=O) groups is 1. The molecule has 1 aromatic rings. The molecule has 0 aliphatic heterocycles. The third-order valence-corrected chi connectivity index (χ3v) is 3.22. The minimum atomic E-state index is -3.85. The Kier molecular flexibility index (Phi) is 5.57. The van der Waals surface area contributed by atoms with E-state index in [1.54, 1.807) is 7.11 Å². The van der Waals surface area contributed by atoms with Crippen molar-refractivity contribution >= 4 is 25.6 Å². The van der Waals surface area contributed by atoms with Crippen LogP contribution in [-0.2, 0) is 25.1 Å². The van der Waals surface area contributed by atoms with Gasteiger partial charge in [0, 0.05) is 37.1 Å². The van der Waals surface area contributed by atoms with Gasteiger partial charge in [-0.25, -0.2) is 13.4 Å². The minimum Gasteiger partial charge on any atom is -0.385 e. The van der Waals surface area contributed by atoms with E-state index in [-0.39, 0.29) is 17.5 Å². The molecule has 0 unspecified atom stereocenters. The highest BCUT2D eigenvalue weighted by atomic mass is 35.7. The number of methoxy groups -OCH3 is 1. The molecule has 1 rings (SSSR count). The van der Waals surface area contributed by atoms with Crippen LogP contribution in [0.3, 0.4) is 0 Å². The Balaban J connectivity index is 2.43. The van der Waals surface area contributed by atoms with E-state index in [1.165, 1.54) is 17.1 Å². The normalized spacial score (nSPS) is 11.4. The number of nitrogens with one attached hydrogen (secondary N) is 1. The number of carbonyl (C=O) groups excluding carboxylic acids is 1. The average molecular weight is 296 g/mol. The summed E-state index contributed by atoms with van der Waals surface area (Å²) in [6, 6.07) is 0. The molecule has 1 N–H and O–H groups in total. The number of rotatable bonds is 7. The minimum absolute atomic E-state index is 0.00755. The van der Waals surface area contributed by atoms with Crippen molar-refractivity contribution in [1.82, 2.24) is 14.9 Å². The van der Waals surface area contributed by atoms with Crippen LogP contribution in [0.15, 0.2) is 17.6 Å². The molecule has 1 amide bonds. The molecule has 0 fully saturated rings. The summed E-state index contributed by atoms with van der Waals surface area (Å²) in [5.74, 6) is -0.234. The number of halogens is 1. The Morgan fingerprint density at radius 2 is 2.33 bits per heavy atom. The monoisotopic (exact) mass is 295 g/mol. The molecular weight excluding hydrogens is 282 g/mol. The summed E-state index contributed by atoms with van der Waals surface area (Å²) in [5.41, 5.74) is 0. The van der Waals surface area contributed by atoms with Gasteiger partial charge in [0.1, 0.15) is 6.54 Å². The van der Waals surface area contributed by atoms with Crippen LogP contribution in [0.2, 0.25) is 0 Å². The number of ether oxygens (including phenoxy) is 1. The molecule has 0 aromatic carbocycles. The van der Waals surface area contributed by atoms with Gasteiger partial charge in [0.2, 0.25) is 5.91 Å². The highest BCUT2D eigenvalue weighted by Crippen LogP contribution is 2.10. The molecule has 1 heterocycles. The van der Waals surface area contributed by atoms with E-state index in [4.69, 9.17) is 15.4 Å². The van der Waals surface area contributed by atoms with Crippen LogP contribution in [0, 0.1) is 0 Å².